The molecule has 0 saturated heterocycles. The van der Waals surface area contributed by atoms with Gasteiger partial charge in [0.2, 0.25) is 0 Å². The number of benzene rings is 1. The summed E-state index contributed by atoms with van der Waals surface area (Å²) in [4.78, 5) is 11.0. The first kappa shape index (κ1) is 13.2. The molecule has 0 aliphatic heterocycles. The molecule has 1 aromatic carbocycles. The highest BCUT2D eigenvalue weighted by atomic mass is 19.3. The molecule has 0 radical (unpaired) electrons. The molecule has 6 heteroatoms. The minimum absolute atomic E-state index is 0.327. The topological polar surface area (TPSA) is 53.2 Å². The fraction of sp³-hybridized carbons (Fsp3) is 0.364. The highest BCUT2D eigenvalue weighted by Crippen LogP contribution is 2.15. The van der Waals surface area contributed by atoms with Crippen LogP contribution in [0.2, 0.25) is 0 Å². The summed E-state index contributed by atoms with van der Waals surface area (Å²) in [5.74, 6) is 0. The maximum Gasteiger partial charge on any atom is 0.318 e. The Labute approximate surface area is 98.4 Å². The third-order valence-corrected chi connectivity index (χ3v) is 2.14. The van der Waals surface area contributed by atoms with Crippen LogP contribution >= 0.6 is 0 Å². The molecule has 0 heterocycles. The lowest BCUT2D eigenvalue weighted by atomic mass is 10.2. The molecular weight excluding hydrogens is 228 g/mol. The van der Waals surface area contributed by atoms with Crippen LogP contribution < -0.4 is 16.0 Å². The summed E-state index contributed by atoms with van der Waals surface area (Å²) in [7, 11) is 1.51. The van der Waals surface area contributed by atoms with Gasteiger partial charge in [-0.25, -0.2) is 13.6 Å². The Bertz CT molecular complexity index is 367. The molecule has 17 heavy (non-hydrogen) atoms. The molecule has 0 aliphatic carbocycles. The predicted molar refractivity (Wildman–Crippen MR) is 63.6 cm³/mol. The van der Waals surface area contributed by atoms with E-state index in [1.165, 1.54) is 14.0 Å². The van der Waals surface area contributed by atoms with E-state index in [1.54, 1.807) is 24.3 Å². The second-order valence-electron chi connectivity index (χ2n) is 3.55. The monoisotopic (exact) mass is 243 g/mol. The second kappa shape index (κ2) is 6.03. The van der Waals surface area contributed by atoms with Crippen molar-refractivity contribution >= 4 is 17.4 Å². The van der Waals surface area contributed by atoms with Gasteiger partial charge < -0.3 is 16.0 Å². The van der Waals surface area contributed by atoms with Gasteiger partial charge in [-0.3, -0.25) is 0 Å². The van der Waals surface area contributed by atoms with Crippen molar-refractivity contribution in [1.82, 2.24) is 5.32 Å². The maximum absolute atomic E-state index is 12.3. The number of amides is 2. The summed E-state index contributed by atoms with van der Waals surface area (Å²) in [6.45, 7) is 1.40. The quantitative estimate of drug-likeness (QED) is 0.761. The first-order chi connectivity index (χ1) is 8.02. The standard InChI is InChI=1S/C11H15F2N3O/c1-7(10(12)13)15-8-3-5-9(6-4-8)16-11(17)14-2/h3-7,10,15H,1-2H3,(H2,14,16,17). The fourth-order valence-electron chi connectivity index (χ4n) is 1.17. The molecule has 0 fully saturated rings. The lowest BCUT2D eigenvalue weighted by molar-refractivity contribution is 0.131. The van der Waals surface area contributed by atoms with Crippen molar-refractivity contribution in [2.75, 3.05) is 17.7 Å². The summed E-state index contributed by atoms with van der Waals surface area (Å²) >= 11 is 0. The Balaban J connectivity index is 2.59. The number of carbonyl (C=O) groups is 1. The Morgan fingerprint density at radius 3 is 2.18 bits per heavy atom. The lowest BCUT2D eigenvalue weighted by Crippen LogP contribution is -2.25. The smallest absolute Gasteiger partial charge is 0.318 e. The van der Waals surface area contributed by atoms with Crippen molar-refractivity contribution in [3.63, 3.8) is 0 Å². The van der Waals surface area contributed by atoms with Crippen LogP contribution in [0.1, 0.15) is 6.92 Å². The number of rotatable bonds is 4. The van der Waals surface area contributed by atoms with Crippen LogP contribution in [-0.4, -0.2) is 25.5 Å². The maximum atomic E-state index is 12.3. The number of halogens is 2. The van der Waals surface area contributed by atoms with E-state index < -0.39 is 12.5 Å². The number of nitrogens with one attached hydrogen (secondary N) is 3. The first-order valence-electron chi connectivity index (χ1n) is 5.16. The Hall–Kier alpha value is -1.85. The molecule has 3 N–H and O–H groups in total. The summed E-state index contributed by atoms with van der Waals surface area (Å²) in [5.41, 5.74) is 1.18. The normalized spacial score (nSPS) is 12.1. The van der Waals surface area contributed by atoms with Gasteiger partial charge in [0.25, 0.3) is 6.43 Å². The highest BCUT2D eigenvalue weighted by molar-refractivity contribution is 5.89. The van der Waals surface area contributed by atoms with Crippen LogP contribution in [0.3, 0.4) is 0 Å². The zero-order valence-corrected chi connectivity index (χ0v) is 9.63. The number of anilines is 2. The molecule has 1 rings (SSSR count). The van der Waals surface area contributed by atoms with Gasteiger partial charge in [-0.05, 0) is 31.2 Å². The van der Waals surface area contributed by atoms with E-state index in [0.29, 0.717) is 11.4 Å². The van der Waals surface area contributed by atoms with Gasteiger partial charge in [0, 0.05) is 18.4 Å². The summed E-state index contributed by atoms with van der Waals surface area (Å²) in [6, 6.07) is 5.29. The number of alkyl halides is 2. The molecule has 4 nitrogen and oxygen atoms in total. The lowest BCUT2D eigenvalue weighted by Gasteiger charge is -2.14. The van der Waals surface area contributed by atoms with Crippen molar-refractivity contribution in [1.29, 1.82) is 0 Å². The second-order valence-corrected chi connectivity index (χ2v) is 3.55. The van der Waals surface area contributed by atoms with Crippen LogP contribution in [0.5, 0.6) is 0 Å². The number of urea groups is 1. The van der Waals surface area contributed by atoms with Gasteiger partial charge in [-0.2, -0.15) is 0 Å². The fourth-order valence-corrected chi connectivity index (χ4v) is 1.17. The van der Waals surface area contributed by atoms with Gasteiger partial charge in [-0.15, -0.1) is 0 Å². The summed E-state index contributed by atoms with van der Waals surface area (Å²) in [5, 5.41) is 7.64. The van der Waals surface area contributed by atoms with Gasteiger partial charge in [0.1, 0.15) is 0 Å². The van der Waals surface area contributed by atoms with Gasteiger partial charge in [-0.1, -0.05) is 0 Å². The van der Waals surface area contributed by atoms with E-state index in [4.69, 9.17) is 0 Å². The van der Waals surface area contributed by atoms with E-state index >= 15 is 0 Å². The molecule has 2 amide bonds. The molecule has 0 spiro atoms. The van der Waals surface area contributed by atoms with Gasteiger partial charge in [0.15, 0.2) is 0 Å². The van der Waals surface area contributed by atoms with Gasteiger partial charge >= 0.3 is 6.03 Å². The SMILES string of the molecule is CNC(=O)Nc1ccc(NC(C)C(F)F)cc1. The summed E-state index contributed by atoms with van der Waals surface area (Å²) in [6.07, 6.45) is -2.42. The van der Waals surface area contributed by atoms with Crippen LogP contribution in [-0.2, 0) is 0 Å². The van der Waals surface area contributed by atoms with E-state index in [-0.39, 0.29) is 6.03 Å². The Kier molecular flexibility index (Phi) is 4.68. The zero-order valence-electron chi connectivity index (χ0n) is 9.63. The summed E-state index contributed by atoms with van der Waals surface area (Å²) < 4.78 is 24.6. The molecule has 0 aliphatic rings. The average Bonchev–Trinajstić information content (AvgIpc) is 2.31. The zero-order chi connectivity index (χ0) is 12.8. The number of hydrogen-bond donors (Lipinski definition) is 3. The minimum Gasteiger partial charge on any atom is -0.377 e. The molecule has 1 atom stereocenters. The highest BCUT2D eigenvalue weighted by Gasteiger charge is 2.13. The third kappa shape index (κ3) is 4.26. The van der Waals surface area contributed by atoms with Crippen LogP contribution in [0, 0.1) is 0 Å². The Morgan fingerprint density at radius 2 is 1.71 bits per heavy atom. The number of hydrogen-bond acceptors (Lipinski definition) is 2. The molecule has 1 aromatic rings. The Morgan fingerprint density at radius 1 is 1.18 bits per heavy atom. The van der Waals surface area contributed by atoms with Crippen LogP contribution in [0.4, 0.5) is 25.0 Å². The van der Waals surface area contributed by atoms with Crippen molar-refractivity contribution in [2.24, 2.45) is 0 Å². The van der Waals surface area contributed by atoms with E-state index in [9.17, 15) is 13.6 Å². The molecule has 0 bridgehead atoms. The van der Waals surface area contributed by atoms with Crippen molar-refractivity contribution in [3.05, 3.63) is 24.3 Å². The van der Waals surface area contributed by atoms with Crippen LogP contribution in [0.25, 0.3) is 0 Å². The van der Waals surface area contributed by atoms with Crippen molar-refractivity contribution in [2.45, 2.75) is 19.4 Å². The van der Waals surface area contributed by atoms with E-state index in [2.05, 4.69) is 16.0 Å². The van der Waals surface area contributed by atoms with E-state index in [0.717, 1.165) is 0 Å². The molecule has 94 valence electrons. The minimum atomic E-state index is -2.42. The largest absolute Gasteiger partial charge is 0.377 e. The van der Waals surface area contributed by atoms with Crippen molar-refractivity contribution < 1.29 is 13.6 Å². The predicted octanol–water partition coefficient (Wildman–Crippen LogP) is 2.50. The van der Waals surface area contributed by atoms with Crippen LogP contribution in [0.15, 0.2) is 24.3 Å². The third-order valence-electron chi connectivity index (χ3n) is 2.14. The number of carbonyl (C=O) groups excluding carboxylic acids is 1. The average molecular weight is 243 g/mol. The first-order valence-corrected chi connectivity index (χ1v) is 5.16. The molecule has 0 saturated carbocycles. The van der Waals surface area contributed by atoms with Crippen molar-refractivity contribution in [3.8, 4) is 0 Å². The van der Waals surface area contributed by atoms with Gasteiger partial charge in [0.05, 0.1) is 6.04 Å². The molecular formula is C11H15F2N3O. The van der Waals surface area contributed by atoms with E-state index in [1.807, 2.05) is 0 Å². The molecule has 0 aromatic heterocycles. The molecule has 1 unspecified atom stereocenters.